The molecular formula is C16H15Cl2N3O4S. The summed E-state index contributed by atoms with van der Waals surface area (Å²) in [5.74, 6) is -0.227. The molecule has 0 aliphatic carbocycles. The van der Waals surface area contributed by atoms with Crippen LogP contribution in [0.4, 0.5) is 0 Å². The van der Waals surface area contributed by atoms with Crippen LogP contribution in [0, 0.1) is 0 Å². The van der Waals surface area contributed by atoms with Crippen LogP contribution in [-0.4, -0.2) is 23.5 Å². The number of benzene rings is 1. The normalized spacial score (nSPS) is 10.1. The molecule has 7 nitrogen and oxygen atoms in total. The highest BCUT2D eigenvalue weighted by atomic mass is 35.5. The number of amides is 2. The van der Waals surface area contributed by atoms with Crippen molar-refractivity contribution in [2.75, 3.05) is 6.61 Å². The Kier molecular flexibility index (Phi) is 7.71. The lowest BCUT2D eigenvalue weighted by atomic mass is 10.3. The van der Waals surface area contributed by atoms with Gasteiger partial charge in [0.15, 0.2) is 10.9 Å². The Labute approximate surface area is 164 Å². The molecular weight excluding hydrogens is 401 g/mol. The Morgan fingerprint density at radius 3 is 2.69 bits per heavy atom. The van der Waals surface area contributed by atoms with E-state index < -0.39 is 5.91 Å². The predicted octanol–water partition coefficient (Wildman–Crippen LogP) is 3.08. The van der Waals surface area contributed by atoms with E-state index in [2.05, 4.69) is 16.2 Å². The molecule has 0 spiro atoms. The summed E-state index contributed by atoms with van der Waals surface area (Å²) in [5, 5.41) is 3.23. The fourth-order valence-corrected chi connectivity index (χ4v) is 2.41. The van der Waals surface area contributed by atoms with Crippen LogP contribution >= 0.6 is 35.4 Å². The fourth-order valence-electron chi connectivity index (χ4n) is 1.80. The van der Waals surface area contributed by atoms with Gasteiger partial charge >= 0.3 is 0 Å². The molecule has 26 heavy (non-hydrogen) atoms. The maximum absolute atomic E-state index is 11.7. The zero-order chi connectivity index (χ0) is 18.9. The molecule has 0 unspecified atom stereocenters. The number of furan rings is 1. The lowest BCUT2D eigenvalue weighted by Gasteiger charge is -2.10. The molecule has 0 bridgehead atoms. The molecule has 0 saturated carbocycles. The lowest BCUT2D eigenvalue weighted by Crippen LogP contribution is -2.48. The maximum Gasteiger partial charge on any atom is 0.293 e. The average Bonchev–Trinajstić information content (AvgIpc) is 3.13. The highest BCUT2D eigenvalue weighted by Crippen LogP contribution is 2.27. The van der Waals surface area contributed by atoms with Gasteiger partial charge < -0.3 is 9.15 Å². The zero-order valence-electron chi connectivity index (χ0n) is 13.4. The van der Waals surface area contributed by atoms with E-state index >= 15 is 0 Å². The minimum absolute atomic E-state index is 0.0519. The smallest absolute Gasteiger partial charge is 0.293 e. The van der Waals surface area contributed by atoms with E-state index in [0.29, 0.717) is 28.8 Å². The van der Waals surface area contributed by atoms with Crippen LogP contribution in [0.3, 0.4) is 0 Å². The SMILES string of the molecule is O=C(CCCOc1ccc(Cl)cc1Cl)NNC(=S)NC(=O)c1ccco1. The Morgan fingerprint density at radius 2 is 2.00 bits per heavy atom. The van der Waals surface area contributed by atoms with E-state index in [1.54, 1.807) is 24.3 Å². The third-order valence-corrected chi connectivity index (χ3v) is 3.72. The summed E-state index contributed by atoms with van der Waals surface area (Å²) < 4.78 is 10.4. The summed E-state index contributed by atoms with van der Waals surface area (Å²) >= 11 is 16.7. The van der Waals surface area contributed by atoms with Crippen molar-refractivity contribution in [2.24, 2.45) is 0 Å². The number of hydrogen-bond acceptors (Lipinski definition) is 5. The van der Waals surface area contributed by atoms with Crippen LogP contribution in [0.25, 0.3) is 0 Å². The van der Waals surface area contributed by atoms with Crippen LogP contribution in [0.2, 0.25) is 10.0 Å². The minimum atomic E-state index is -0.519. The third-order valence-electron chi connectivity index (χ3n) is 2.99. The van der Waals surface area contributed by atoms with Crippen LogP contribution in [-0.2, 0) is 4.79 Å². The van der Waals surface area contributed by atoms with Crippen molar-refractivity contribution >= 4 is 52.3 Å². The summed E-state index contributed by atoms with van der Waals surface area (Å²) in [6, 6.07) is 7.97. The van der Waals surface area contributed by atoms with E-state index in [1.165, 1.54) is 12.3 Å². The quantitative estimate of drug-likeness (QED) is 0.381. The van der Waals surface area contributed by atoms with Gasteiger partial charge in [-0.25, -0.2) is 0 Å². The van der Waals surface area contributed by atoms with Gasteiger partial charge in [0.1, 0.15) is 5.75 Å². The topological polar surface area (TPSA) is 92.6 Å². The predicted molar refractivity (Wildman–Crippen MR) is 101 cm³/mol. The third kappa shape index (κ3) is 6.55. The summed E-state index contributed by atoms with van der Waals surface area (Å²) in [7, 11) is 0. The Hall–Kier alpha value is -2.29. The molecule has 10 heteroatoms. The van der Waals surface area contributed by atoms with Gasteiger partial charge in [-0.3, -0.25) is 25.8 Å². The maximum atomic E-state index is 11.7. The van der Waals surface area contributed by atoms with E-state index in [0.717, 1.165) is 0 Å². The second-order valence-corrected chi connectivity index (χ2v) is 6.21. The first kappa shape index (κ1) is 20.0. The Balaban J connectivity index is 1.61. The molecule has 1 heterocycles. The summed E-state index contributed by atoms with van der Waals surface area (Å²) in [6.45, 7) is 0.300. The van der Waals surface area contributed by atoms with Crippen molar-refractivity contribution in [1.29, 1.82) is 0 Å². The van der Waals surface area contributed by atoms with Gasteiger partial charge in [-0.05, 0) is 49.0 Å². The van der Waals surface area contributed by atoms with Crippen LogP contribution < -0.4 is 20.9 Å². The second-order valence-electron chi connectivity index (χ2n) is 4.96. The largest absolute Gasteiger partial charge is 0.492 e. The molecule has 0 aliphatic heterocycles. The first-order chi connectivity index (χ1) is 12.5. The van der Waals surface area contributed by atoms with Crippen molar-refractivity contribution in [3.8, 4) is 5.75 Å². The molecule has 2 amide bonds. The summed E-state index contributed by atoms with van der Waals surface area (Å²) in [4.78, 5) is 23.4. The number of ether oxygens (including phenoxy) is 1. The molecule has 0 fully saturated rings. The van der Waals surface area contributed by atoms with Crippen LogP contribution in [0.5, 0.6) is 5.75 Å². The zero-order valence-corrected chi connectivity index (χ0v) is 15.7. The van der Waals surface area contributed by atoms with Crippen molar-refractivity contribution in [3.05, 3.63) is 52.4 Å². The van der Waals surface area contributed by atoms with E-state index in [-0.39, 0.29) is 23.2 Å². The number of rotatable bonds is 6. The lowest BCUT2D eigenvalue weighted by molar-refractivity contribution is -0.121. The first-order valence-corrected chi connectivity index (χ1v) is 8.63. The van der Waals surface area contributed by atoms with Gasteiger partial charge in [0.05, 0.1) is 17.9 Å². The summed E-state index contributed by atoms with van der Waals surface area (Å²) in [6.07, 6.45) is 2.01. The molecule has 2 rings (SSSR count). The number of carbonyl (C=O) groups is 2. The standard InChI is InChI=1S/C16H15Cl2N3O4S/c17-10-5-6-12(11(18)9-10)24-8-2-4-14(22)20-21-16(26)19-15(23)13-3-1-7-25-13/h1,3,5-7,9H,2,4,8H2,(H,20,22)(H2,19,21,23,26). The molecule has 0 radical (unpaired) electrons. The van der Waals surface area contributed by atoms with Crippen LogP contribution in [0.15, 0.2) is 41.0 Å². The highest BCUT2D eigenvalue weighted by molar-refractivity contribution is 7.80. The second kappa shape index (κ2) is 10.0. The number of nitrogens with one attached hydrogen (secondary N) is 3. The van der Waals surface area contributed by atoms with Gasteiger partial charge in [-0.2, -0.15) is 0 Å². The van der Waals surface area contributed by atoms with Gasteiger partial charge in [-0.1, -0.05) is 23.2 Å². The number of hydrazine groups is 1. The van der Waals surface area contributed by atoms with Crippen molar-refractivity contribution in [2.45, 2.75) is 12.8 Å². The highest BCUT2D eigenvalue weighted by Gasteiger charge is 2.10. The number of halogens is 2. The van der Waals surface area contributed by atoms with E-state index in [4.69, 9.17) is 44.6 Å². The molecule has 2 aromatic rings. The van der Waals surface area contributed by atoms with Crippen molar-refractivity contribution < 1.29 is 18.7 Å². The average molecular weight is 416 g/mol. The van der Waals surface area contributed by atoms with Gasteiger partial charge in [0.25, 0.3) is 5.91 Å². The number of hydrogen-bond donors (Lipinski definition) is 3. The Bertz CT molecular complexity index is 784. The molecule has 0 aliphatic rings. The molecule has 0 saturated heterocycles. The number of carbonyl (C=O) groups excluding carboxylic acids is 2. The minimum Gasteiger partial charge on any atom is -0.492 e. The molecule has 0 atom stereocenters. The van der Waals surface area contributed by atoms with Gasteiger partial charge in [0, 0.05) is 11.4 Å². The van der Waals surface area contributed by atoms with E-state index in [9.17, 15) is 9.59 Å². The Morgan fingerprint density at radius 1 is 1.19 bits per heavy atom. The monoisotopic (exact) mass is 415 g/mol. The molecule has 1 aromatic heterocycles. The molecule has 3 N–H and O–H groups in total. The first-order valence-electron chi connectivity index (χ1n) is 7.47. The van der Waals surface area contributed by atoms with Crippen molar-refractivity contribution in [1.82, 2.24) is 16.2 Å². The van der Waals surface area contributed by atoms with Crippen molar-refractivity contribution in [3.63, 3.8) is 0 Å². The fraction of sp³-hybridized carbons (Fsp3) is 0.188. The van der Waals surface area contributed by atoms with Crippen LogP contribution in [0.1, 0.15) is 23.4 Å². The number of thiocarbonyl (C=S) groups is 1. The van der Waals surface area contributed by atoms with E-state index in [1.807, 2.05) is 0 Å². The van der Waals surface area contributed by atoms with Gasteiger partial charge in [-0.15, -0.1) is 0 Å². The summed E-state index contributed by atoms with van der Waals surface area (Å²) in [5.41, 5.74) is 4.81. The molecule has 1 aromatic carbocycles. The van der Waals surface area contributed by atoms with Gasteiger partial charge in [0.2, 0.25) is 5.91 Å². The molecule has 138 valence electrons.